The molecule has 2 unspecified atom stereocenters. The third-order valence-electron chi connectivity index (χ3n) is 1.73. The highest BCUT2D eigenvalue weighted by molar-refractivity contribution is 7.94. The van der Waals surface area contributed by atoms with Crippen molar-refractivity contribution < 1.29 is 4.55 Å². The zero-order valence-corrected chi connectivity index (χ0v) is 6.64. The van der Waals surface area contributed by atoms with Gasteiger partial charge in [0, 0.05) is 11.6 Å². The molecule has 3 heteroatoms. The smallest absolute Gasteiger partial charge is 0.0571 e. The lowest BCUT2D eigenvalue weighted by Gasteiger charge is -2.20. The van der Waals surface area contributed by atoms with Crippen molar-refractivity contribution in [1.82, 2.24) is 0 Å². The van der Waals surface area contributed by atoms with E-state index in [0.717, 1.165) is 17.7 Å². The molecule has 0 radical (unpaired) electrons. The van der Waals surface area contributed by atoms with Crippen molar-refractivity contribution in [3.8, 4) is 0 Å². The molecule has 0 amide bonds. The van der Waals surface area contributed by atoms with Gasteiger partial charge in [0.25, 0.3) is 0 Å². The molecule has 1 rings (SSSR count). The van der Waals surface area contributed by atoms with E-state index in [2.05, 4.69) is 0 Å². The Bertz CT molecular complexity index is 176. The third-order valence-corrected chi connectivity index (χ3v) is 2.54. The highest BCUT2D eigenvalue weighted by Gasteiger charge is 2.18. The monoisotopic (exact) mass is 157 g/mol. The number of hydrogen-bond donors (Lipinski definition) is 2. The Balaban J connectivity index is 2.68. The Morgan fingerprint density at radius 3 is 2.90 bits per heavy atom. The van der Waals surface area contributed by atoms with Crippen LogP contribution in [0.1, 0.15) is 6.92 Å². The van der Waals surface area contributed by atoms with Gasteiger partial charge in [0.2, 0.25) is 0 Å². The molecule has 3 N–H and O–H groups in total. The van der Waals surface area contributed by atoms with Crippen LogP contribution in [0.3, 0.4) is 0 Å². The van der Waals surface area contributed by atoms with Gasteiger partial charge in [-0.3, -0.25) is 0 Å². The summed E-state index contributed by atoms with van der Waals surface area (Å²) < 4.78 is 8.76. The van der Waals surface area contributed by atoms with E-state index in [9.17, 15) is 0 Å². The molecule has 2 atom stereocenters. The first kappa shape index (κ1) is 7.69. The minimum atomic E-state index is 0.130. The first-order valence-electron chi connectivity index (χ1n) is 3.19. The predicted octanol–water partition coefficient (Wildman–Crippen LogP) is 1.61. The van der Waals surface area contributed by atoms with Crippen LogP contribution in [0.2, 0.25) is 0 Å². The SMILES string of the molecule is CC1C(N)=CC=CC1SO. The van der Waals surface area contributed by atoms with Gasteiger partial charge in [-0.25, -0.2) is 0 Å². The molecule has 0 saturated carbocycles. The zero-order valence-electron chi connectivity index (χ0n) is 5.82. The van der Waals surface area contributed by atoms with E-state index in [1.54, 1.807) is 0 Å². The van der Waals surface area contributed by atoms with Gasteiger partial charge in [-0.2, -0.15) is 0 Å². The van der Waals surface area contributed by atoms with Gasteiger partial charge in [-0.1, -0.05) is 19.1 Å². The molecule has 56 valence electrons. The molecular weight excluding hydrogens is 146 g/mol. The van der Waals surface area contributed by atoms with Gasteiger partial charge in [-0.05, 0) is 18.1 Å². The van der Waals surface area contributed by atoms with Crippen LogP contribution >= 0.6 is 12.0 Å². The lowest BCUT2D eigenvalue weighted by Crippen LogP contribution is -2.21. The maximum atomic E-state index is 8.76. The fraction of sp³-hybridized carbons (Fsp3) is 0.429. The van der Waals surface area contributed by atoms with E-state index in [1.807, 2.05) is 25.2 Å². The standard InChI is InChI=1S/C7H11NOS/c1-5-6(8)3-2-4-7(5)10-9/h2-5,7,9H,8H2,1H3. The molecule has 1 aliphatic carbocycles. The Hall–Kier alpha value is -0.410. The summed E-state index contributed by atoms with van der Waals surface area (Å²) in [7, 11) is 0. The van der Waals surface area contributed by atoms with Gasteiger partial charge in [0.05, 0.1) is 5.25 Å². The van der Waals surface area contributed by atoms with Gasteiger partial charge in [0.1, 0.15) is 0 Å². The first-order chi connectivity index (χ1) is 4.75. The zero-order chi connectivity index (χ0) is 7.56. The van der Waals surface area contributed by atoms with Crippen molar-refractivity contribution in [2.24, 2.45) is 11.7 Å². The highest BCUT2D eigenvalue weighted by atomic mass is 32.2. The Kier molecular flexibility index (Phi) is 2.40. The molecule has 0 aromatic carbocycles. The predicted molar refractivity (Wildman–Crippen MR) is 44.6 cm³/mol. The van der Waals surface area contributed by atoms with Crippen molar-refractivity contribution in [2.75, 3.05) is 0 Å². The molecule has 0 heterocycles. The van der Waals surface area contributed by atoms with Gasteiger partial charge in [-0.15, -0.1) is 0 Å². The van der Waals surface area contributed by atoms with Gasteiger partial charge >= 0.3 is 0 Å². The second-order valence-corrected chi connectivity index (χ2v) is 3.17. The largest absolute Gasteiger partial charge is 0.402 e. The molecule has 1 aliphatic rings. The average molecular weight is 157 g/mol. The first-order valence-corrected chi connectivity index (χ1v) is 4.03. The molecule has 0 aliphatic heterocycles. The number of rotatable bonds is 1. The molecule has 10 heavy (non-hydrogen) atoms. The summed E-state index contributed by atoms with van der Waals surface area (Å²) in [5.41, 5.74) is 6.47. The summed E-state index contributed by atoms with van der Waals surface area (Å²) in [6.07, 6.45) is 5.70. The second-order valence-electron chi connectivity index (χ2n) is 2.41. The lowest BCUT2D eigenvalue weighted by molar-refractivity contribution is 0.618. The van der Waals surface area contributed by atoms with Crippen molar-refractivity contribution >= 4 is 12.0 Å². The fourth-order valence-electron chi connectivity index (χ4n) is 0.911. The van der Waals surface area contributed by atoms with Crippen LogP contribution in [-0.2, 0) is 0 Å². The summed E-state index contributed by atoms with van der Waals surface area (Å²) in [5, 5.41) is 0.130. The van der Waals surface area contributed by atoms with Crippen molar-refractivity contribution in [3.63, 3.8) is 0 Å². The molecule has 0 saturated heterocycles. The number of allylic oxidation sites excluding steroid dienone is 3. The maximum absolute atomic E-state index is 8.76. The van der Waals surface area contributed by atoms with Crippen molar-refractivity contribution in [3.05, 3.63) is 23.9 Å². The Morgan fingerprint density at radius 2 is 2.40 bits per heavy atom. The van der Waals surface area contributed by atoms with Crippen LogP contribution < -0.4 is 5.73 Å². The van der Waals surface area contributed by atoms with E-state index >= 15 is 0 Å². The van der Waals surface area contributed by atoms with Gasteiger partial charge < -0.3 is 10.3 Å². The Morgan fingerprint density at radius 1 is 1.70 bits per heavy atom. The normalized spacial score (nSPS) is 32.0. The van der Waals surface area contributed by atoms with E-state index in [0.29, 0.717) is 0 Å². The topological polar surface area (TPSA) is 46.2 Å². The van der Waals surface area contributed by atoms with Crippen molar-refractivity contribution in [1.29, 1.82) is 0 Å². The summed E-state index contributed by atoms with van der Waals surface area (Å²) in [5.74, 6) is 0.250. The lowest BCUT2D eigenvalue weighted by atomic mass is 9.99. The van der Waals surface area contributed by atoms with Crippen LogP contribution in [0.5, 0.6) is 0 Å². The van der Waals surface area contributed by atoms with E-state index < -0.39 is 0 Å². The minimum Gasteiger partial charge on any atom is -0.402 e. The van der Waals surface area contributed by atoms with Crippen LogP contribution in [0.4, 0.5) is 0 Å². The van der Waals surface area contributed by atoms with E-state index in [1.165, 1.54) is 0 Å². The summed E-state index contributed by atoms with van der Waals surface area (Å²) in [6, 6.07) is 0. The molecular formula is C7H11NOS. The van der Waals surface area contributed by atoms with Crippen LogP contribution in [-0.4, -0.2) is 9.80 Å². The van der Waals surface area contributed by atoms with E-state index in [-0.39, 0.29) is 11.2 Å². The molecule has 0 spiro atoms. The second kappa shape index (κ2) is 3.12. The summed E-state index contributed by atoms with van der Waals surface area (Å²) >= 11 is 0.850. The average Bonchev–Trinajstić information content (AvgIpc) is 1.95. The Labute approximate surface area is 65.0 Å². The number of nitrogens with two attached hydrogens (primary N) is 1. The van der Waals surface area contributed by atoms with Crippen molar-refractivity contribution in [2.45, 2.75) is 12.2 Å². The third kappa shape index (κ3) is 1.36. The minimum absolute atomic E-state index is 0.130. The fourth-order valence-corrected chi connectivity index (χ4v) is 1.41. The summed E-state index contributed by atoms with van der Waals surface area (Å²) in [6.45, 7) is 2.00. The van der Waals surface area contributed by atoms with Gasteiger partial charge in [0.15, 0.2) is 0 Å². The molecule has 0 bridgehead atoms. The van der Waals surface area contributed by atoms with Crippen LogP contribution in [0.25, 0.3) is 0 Å². The van der Waals surface area contributed by atoms with Crippen LogP contribution in [0, 0.1) is 5.92 Å². The maximum Gasteiger partial charge on any atom is 0.0571 e. The molecule has 2 nitrogen and oxygen atoms in total. The number of hydrogen-bond acceptors (Lipinski definition) is 3. The summed E-state index contributed by atoms with van der Waals surface area (Å²) in [4.78, 5) is 0. The molecule has 0 aromatic rings. The quantitative estimate of drug-likeness (QED) is 0.568. The van der Waals surface area contributed by atoms with Crippen LogP contribution in [0.15, 0.2) is 23.9 Å². The molecule has 0 fully saturated rings. The highest BCUT2D eigenvalue weighted by Crippen LogP contribution is 2.25. The van der Waals surface area contributed by atoms with E-state index in [4.69, 9.17) is 10.3 Å². The molecule has 0 aromatic heterocycles.